The Balaban J connectivity index is 2.26. The zero-order valence-electron chi connectivity index (χ0n) is 5.81. The number of morpholine rings is 1. The lowest BCUT2D eigenvalue weighted by molar-refractivity contribution is -0.0795. The maximum Gasteiger partial charge on any atom is 0.265 e. The third kappa shape index (κ3) is 1.88. The van der Waals surface area contributed by atoms with E-state index in [1.807, 2.05) is 6.92 Å². The van der Waals surface area contributed by atoms with E-state index < -0.39 is 12.5 Å². The van der Waals surface area contributed by atoms with Crippen LogP contribution in [0.5, 0.6) is 0 Å². The quantitative estimate of drug-likeness (QED) is 0.593. The number of alkyl halides is 2. The largest absolute Gasteiger partial charge is 0.369 e. The summed E-state index contributed by atoms with van der Waals surface area (Å²) in [5.41, 5.74) is 0. The van der Waals surface area contributed by atoms with Gasteiger partial charge in [0, 0.05) is 12.6 Å². The molecule has 0 aliphatic carbocycles. The van der Waals surface area contributed by atoms with Gasteiger partial charge in [-0.15, -0.1) is 0 Å². The average Bonchev–Trinajstić information content (AvgIpc) is 1.88. The molecule has 0 bridgehead atoms. The topological polar surface area (TPSA) is 21.3 Å². The van der Waals surface area contributed by atoms with Crippen LogP contribution in [0.15, 0.2) is 0 Å². The van der Waals surface area contributed by atoms with Crippen LogP contribution in [-0.4, -0.2) is 31.7 Å². The van der Waals surface area contributed by atoms with E-state index in [9.17, 15) is 8.78 Å². The molecule has 0 amide bonds. The lowest BCUT2D eigenvalue weighted by Gasteiger charge is -2.27. The van der Waals surface area contributed by atoms with Crippen molar-refractivity contribution in [2.45, 2.75) is 25.5 Å². The molecule has 1 heterocycles. The number of halogens is 2. The Morgan fingerprint density at radius 1 is 1.60 bits per heavy atom. The highest BCUT2D eigenvalue weighted by molar-refractivity contribution is 4.73. The maximum absolute atomic E-state index is 11.9. The second-order valence-corrected chi connectivity index (χ2v) is 2.52. The third-order valence-corrected chi connectivity index (χ3v) is 1.51. The van der Waals surface area contributed by atoms with Crippen LogP contribution >= 0.6 is 0 Å². The summed E-state index contributed by atoms with van der Waals surface area (Å²) in [7, 11) is 0. The molecule has 2 atom stereocenters. The lowest BCUT2D eigenvalue weighted by atomic mass is 10.2. The standard InChI is InChI=1S/C6H11F2NO/c1-4-3-10-5(2-9-4)6(7)8/h4-6,9H,2-3H2,1H3/t4-,5+/m0/s1. The molecular weight excluding hydrogens is 140 g/mol. The van der Waals surface area contributed by atoms with Crippen LogP contribution in [0.4, 0.5) is 8.78 Å². The van der Waals surface area contributed by atoms with Crippen LogP contribution in [0.1, 0.15) is 6.92 Å². The van der Waals surface area contributed by atoms with E-state index in [0.29, 0.717) is 6.61 Å². The molecule has 1 N–H and O–H groups in total. The highest BCUT2D eigenvalue weighted by Gasteiger charge is 2.25. The molecule has 0 aromatic heterocycles. The van der Waals surface area contributed by atoms with Crippen molar-refractivity contribution in [3.63, 3.8) is 0 Å². The van der Waals surface area contributed by atoms with Gasteiger partial charge in [0.15, 0.2) is 0 Å². The molecule has 60 valence electrons. The molecule has 0 aromatic carbocycles. The van der Waals surface area contributed by atoms with Crippen LogP contribution in [0.2, 0.25) is 0 Å². The number of hydrogen-bond acceptors (Lipinski definition) is 2. The van der Waals surface area contributed by atoms with Crippen LogP contribution in [0, 0.1) is 0 Å². The minimum absolute atomic E-state index is 0.204. The van der Waals surface area contributed by atoms with Crippen LogP contribution in [0.3, 0.4) is 0 Å². The van der Waals surface area contributed by atoms with Crippen molar-refractivity contribution in [3.05, 3.63) is 0 Å². The fourth-order valence-electron chi connectivity index (χ4n) is 0.865. The molecule has 0 spiro atoms. The minimum atomic E-state index is -2.36. The summed E-state index contributed by atoms with van der Waals surface area (Å²) < 4.78 is 28.6. The molecule has 1 rings (SSSR count). The van der Waals surface area contributed by atoms with Crippen molar-refractivity contribution >= 4 is 0 Å². The second-order valence-electron chi connectivity index (χ2n) is 2.52. The highest BCUT2D eigenvalue weighted by Crippen LogP contribution is 2.08. The Labute approximate surface area is 58.6 Å². The van der Waals surface area contributed by atoms with Crippen molar-refractivity contribution in [1.82, 2.24) is 5.32 Å². The smallest absolute Gasteiger partial charge is 0.265 e. The van der Waals surface area contributed by atoms with Gasteiger partial charge >= 0.3 is 0 Å². The van der Waals surface area contributed by atoms with Gasteiger partial charge in [-0.05, 0) is 6.92 Å². The molecule has 0 saturated carbocycles. The SMILES string of the molecule is C[C@H]1CO[C@@H](C(F)F)CN1. The minimum Gasteiger partial charge on any atom is -0.369 e. The monoisotopic (exact) mass is 151 g/mol. The van der Waals surface area contributed by atoms with E-state index in [0.717, 1.165) is 0 Å². The molecule has 2 nitrogen and oxygen atoms in total. The molecule has 1 aliphatic rings. The molecule has 4 heteroatoms. The first-order valence-electron chi connectivity index (χ1n) is 3.33. The summed E-state index contributed by atoms with van der Waals surface area (Å²) in [4.78, 5) is 0. The van der Waals surface area contributed by atoms with Crippen molar-refractivity contribution in [1.29, 1.82) is 0 Å². The Kier molecular flexibility index (Phi) is 2.56. The van der Waals surface area contributed by atoms with Gasteiger partial charge in [-0.3, -0.25) is 0 Å². The van der Waals surface area contributed by atoms with Crippen molar-refractivity contribution in [2.24, 2.45) is 0 Å². The zero-order valence-corrected chi connectivity index (χ0v) is 5.81. The number of rotatable bonds is 1. The molecule has 0 aromatic rings. The van der Waals surface area contributed by atoms with Gasteiger partial charge < -0.3 is 10.1 Å². The number of hydrogen-bond donors (Lipinski definition) is 1. The van der Waals surface area contributed by atoms with Gasteiger partial charge in [-0.1, -0.05) is 0 Å². The second kappa shape index (κ2) is 3.25. The zero-order chi connectivity index (χ0) is 7.56. The van der Waals surface area contributed by atoms with Gasteiger partial charge in [0.25, 0.3) is 6.43 Å². The normalized spacial score (nSPS) is 34.8. The van der Waals surface area contributed by atoms with E-state index in [1.54, 1.807) is 0 Å². The first kappa shape index (κ1) is 7.88. The Morgan fingerprint density at radius 3 is 2.70 bits per heavy atom. The van der Waals surface area contributed by atoms with Crippen molar-refractivity contribution in [3.8, 4) is 0 Å². The average molecular weight is 151 g/mol. The highest BCUT2D eigenvalue weighted by atomic mass is 19.3. The lowest BCUT2D eigenvalue weighted by Crippen LogP contribution is -2.47. The van der Waals surface area contributed by atoms with Crippen LogP contribution < -0.4 is 5.32 Å². The maximum atomic E-state index is 11.9. The number of nitrogens with one attached hydrogen (secondary N) is 1. The molecule has 10 heavy (non-hydrogen) atoms. The Morgan fingerprint density at radius 2 is 2.30 bits per heavy atom. The first-order valence-corrected chi connectivity index (χ1v) is 3.33. The first-order chi connectivity index (χ1) is 4.70. The Bertz CT molecular complexity index is 102. The summed E-state index contributed by atoms with van der Waals surface area (Å²) in [5.74, 6) is 0. The fourth-order valence-corrected chi connectivity index (χ4v) is 0.865. The van der Waals surface area contributed by atoms with Gasteiger partial charge in [-0.2, -0.15) is 0 Å². The molecular formula is C6H11F2NO. The summed E-state index contributed by atoms with van der Waals surface area (Å²) in [6, 6.07) is 0.204. The van der Waals surface area contributed by atoms with Gasteiger partial charge in [-0.25, -0.2) is 8.78 Å². The predicted molar refractivity (Wildman–Crippen MR) is 33.2 cm³/mol. The van der Waals surface area contributed by atoms with E-state index in [-0.39, 0.29) is 12.6 Å². The fraction of sp³-hybridized carbons (Fsp3) is 1.00. The van der Waals surface area contributed by atoms with Gasteiger partial charge in [0.05, 0.1) is 6.61 Å². The molecule has 0 unspecified atom stereocenters. The Hall–Kier alpha value is -0.220. The number of ether oxygens (including phenoxy) is 1. The van der Waals surface area contributed by atoms with E-state index in [4.69, 9.17) is 4.74 Å². The van der Waals surface area contributed by atoms with E-state index in [1.165, 1.54) is 0 Å². The summed E-state index contributed by atoms with van der Waals surface area (Å²) in [5, 5.41) is 2.91. The van der Waals surface area contributed by atoms with E-state index in [2.05, 4.69) is 5.32 Å². The molecule has 0 radical (unpaired) electrons. The van der Waals surface area contributed by atoms with Crippen molar-refractivity contribution < 1.29 is 13.5 Å². The third-order valence-electron chi connectivity index (χ3n) is 1.51. The summed E-state index contributed by atoms with van der Waals surface area (Å²) >= 11 is 0. The molecule has 1 saturated heterocycles. The predicted octanol–water partition coefficient (Wildman–Crippen LogP) is 0.628. The van der Waals surface area contributed by atoms with Crippen LogP contribution in [0.25, 0.3) is 0 Å². The molecule has 1 fully saturated rings. The van der Waals surface area contributed by atoms with E-state index >= 15 is 0 Å². The van der Waals surface area contributed by atoms with Crippen molar-refractivity contribution in [2.75, 3.05) is 13.2 Å². The van der Waals surface area contributed by atoms with Crippen LogP contribution in [-0.2, 0) is 4.74 Å². The van der Waals surface area contributed by atoms with Gasteiger partial charge in [0.1, 0.15) is 6.10 Å². The molecule has 1 aliphatic heterocycles. The summed E-state index contributed by atoms with van der Waals surface area (Å²) in [6.07, 6.45) is -3.27. The summed E-state index contributed by atoms with van der Waals surface area (Å²) in [6.45, 7) is 2.55. The van der Waals surface area contributed by atoms with Gasteiger partial charge in [0.2, 0.25) is 0 Å².